The van der Waals surface area contributed by atoms with Gasteiger partial charge in [-0.15, -0.1) is 10.2 Å². The van der Waals surface area contributed by atoms with Gasteiger partial charge in [-0.25, -0.2) is 0 Å². The molecule has 2 aromatic carbocycles. The van der Waals surface area contributed by atoms with Crippen LogP contribution in [0.3, 0.4) is 0 Å². The summed E-state index contributed by atoms with van der Waals surface area (Å²) in [7, 11) is 4.74. The minimum Gasteiger partial charge on any atom is -0.497 e. The van der Waals surface area contributed by atoms with E-state index in [4.69, 9.17) is 14.2 Å². The molecule has 10 heteroatoms. The number of thioether (sulfide) groups is 1. The van der Waals surface area contributed by atoms with E-state index in [0.717, 1.165) is 11.3 Å². The van der Waals surface area contributed by atoms with Crippen molar-refractivity contribution in [2.24, 2.45) is 0 Å². The van der Waals surface area contributed by atoms with Crippen LogP contribution in [-0.4, -0.2) is 40.9 Å². The molecule has 4 rings (SSSR count). The summed E-state index contributed by atoms with van der Waals surface area (Å²) in [4.78, 5) is 13.4. The molecular formula is C23H23N5O4S. The van der Waals surface area contributed by atoms with Gasteiger partial charge in [-0.3, -0.25) is 9.47 Å². The summed E-state index contributed by atoms with van der Waals surface area (Å²) in [5, 5.41) is 12.0. The van der Waals surface area contributed by atoms with Crippen molar-refractivity contribution in [3.05, 3.63) is 82.9 Å². The first kappa shape index (κ1) is 22.3. The highest BCUT2D eigenvalue weighted by Crippen LogP contribution is 2.30. The van der Waals surface area contributed by atoms with Gasteiger partial charge in [-0.1, -0.05) is 23.9 Å². The number of anilines is 2. The number of aromatic nitrogens is 4. The van der Waals surface area contributed by atoms with E-state index in [2.05, 4.69) is 15.5 Å². The Morgan fingerprint density at radius 3 is 2.42 bits per heavy atom. The minimum absolute atomic E-state index is 0.0849. The topological polar surface area (TPSA) is 92.4 Å². The number of benzene rings is 2. The number of nitrogens with one attached hydrogen (secondary N) is 1. The summed E-state index contributed by atoms with van der Waals surface area (Å²) < 4.78 is 19.0. The summed E-state index contributed by atoms with van der Waals surface area (Å²) in [5.74, 6) is 2.57. The van der Waals surface area contributed by atoms with E-state index >= 15 is 0 Å². The van der Waals surface area contributed by atoms with E-state index in [1.807, 2.05) is 36.4 Å². The van der Waals surface area contributed by atoms with E-state index in [9.17, 15) is 4.79 Å². The molecule has 0 saturated heterocycles. The molecule has 0 atom stereocenters. The molecule has 9 nitrogen and oxygen atoms in total. The summed E-state index contributed by atoms with van der Waals surface area (Å²) in [5.41, 5.74) is 1.32. The Morgan fingerprint density at radius 2 is 1.70 bits per heavy atom. The van der Waals surface area contributed by atoms with E-state index in [1.54, 1.807) is 56.6 Å². The number of ether oxygens (including phenoxy) is 3. The second-order valence-corrected chi connectivity index (χ2v) is 7.79. The van der Waals surface area contributed by atoms with Crippen molar-refractivity contribution in [1.29, 1.82) is 0 Å². The number of hydrogen-bond donors (Lipinski definition) is 1. The molecule has 0 fully saturated rings. The molecule has 33 heavy (non-hydrogen) atoms. The highest BCUT2D eigenvalue weighted by atomic mass is 32.2. The fourth-order valence-electron chi connectivity index (χ4n) is 3.16. The molecule has 0 aliphatic heterocycles. The zero-order valence-corrected chi connectivity index (χ0v) is 19.2. The molecule has 0 aliphatic carbocycles. The van der Waals surface area contributed by atoms with E-state index in [0.29, 0.717) is 28.1 Å². The third-order valence-corrected chi connectivity index (χ3v) is 5.77. The van der Waals surface area contributed by atoms with Crippen LogP contribution in [0.5, 0.6) is 17.2 Å². The van der Waals surface area contributed by atoms with Gasteiger partial charge in [-0.05, 0) is 42.0 Å². The van der Waals surface area contributed by atoms with Crippen LogP contribution in [0.15, 0.2) is 76.9 Å². The van der Waals surface area contributed by atoms with Crippen LogP contribution in [0, 0.1) is 0 Å². The predicted octanol–water partition coefficient (Wildman–Crippen LogP) is 3.81. The van der Waals surface area contributed by atoms with Crippen molar-refractivity contribution in [2.75, 3.05) is 26.6 Å². The van der Waals surface area contributed by atoms with Gasteiger partial charge >= 0.3 is 5.56 Å². The van der Waals surface area contributed by atoms with Gasteiger partial charge in [0.25, 0.3) is 0 Å². The highest BCUT2D eigenvalue weighted by Gasteiger charge is 2.15. The number of methoxy groups -OCH3 is 3. The molecule has 2 aromatic heterocycles. The maximum atomic E-state index is 13.4. The fraction of sp³-hybridized carbons (Fsp3) is 0.174. The van der Waals surface area contributed by atoms with Gasteiger partial charge in [-0.2, -0.15) is 4.68 Å². The smallest absolute Gasteiger partial charge is 0.316 e. The zero-order valence-electron chi connectivity index (χ0n) is 18.4. The van der Waals surface area contributed by atoms with Crippen LogP contribution in [0.1, 0.15) is 5.56 Å². The molecule has 0 radical (unpaired) electrons. The summed E-state index contributed by atoms with van der Waals surface area (Å²) in [6.45, 7) is 0. The van der Waals surface area contributed by atoms with Crippen LogP contribution < -0.4 is 25.1 Å². The Kier molecular flexibility index (Phi) is 6.84. The lowest BCUT2D eigenvalue weighted by Crippen LogP contribution is -2.30. The molecule has 0 amide bonds. The molecule has 0 spiro atoms. The van der Waals surface area contributed by atoms with Gasteiger partial charge in [0.1, 0.15) is 5.75 Å². The first-order valence-corrected chi connectivity index (χ1v) is 11.0. The van der Waals surface area contributed by atoms with Crippen molar-refractivity contribution in [2.45, 2.75) is 10.9 Å². The van der Waals surface area contributed by atoms with Crippen molar-refractivity contribution in [1.82, 2.24) is 19.5 Å². The Hall–Kier alpha value is -3.92. The summed E-state index contributed by atoms with van der Waals surface area (Å²) >= 11 is 1.41. The molecule has 0 unspecified atom stereocenters. The maximum Gasteiger partial charge on any atom is 0.316 e. The van der Waals surface area contributed by atoms with Gasteiger partial charge < -0.3 is 19.5 Å². The van der Waals surface area contributed by atoms with Crippen molar-refractivity contribution < 1.29 is 14.2 Å². The Morgan fingerprint density at radius 1 is 0.909 bits per heavy atom. The SMILES string of the molecule is COc1cccc(CSc2nnc(Nc3ccc(OC)c(OC)c3)c(=O)n2-n2cccc2)c1. The van der Waals surface area contributed by atoms with Crippen molar-refractivity contribution in [3.63, 3.8) is 0 Å². The van der Waals surface area contributed by atoms with Gasteiger partial charge in [0.15, 0.2) is 11.5 Å². The van der Waals surface area contributed by atoms with E-state index in [-0.39, 0.29) is 11.4 Å². The lowest BCUT2D eigenvalue weighted by molar-refractivity contribution is 0.355. The van der Waals surface area contributed by atoms with Crippen molar-refractivity contribution >= 4 is 23.3 Å². The Labute approximate surface area is 194 Å². The Bertz CT molecular complexity index is 1290. The van der Waals surface area contributed by atoms with Crippen LogP contribution in [0.25, 0.3) is 0 Å². The van der Waals surface area contributed by atoms with Crippen LogP contribution in [0.2, 0.25) is 0 Å². The molecule has 1 N–H and O–H groups in total. The normalized spacial score (nSPS) is 10.6. The molecule has 4 aromatic rings. The molecule has 0 aliphatic rings. The average Bonchev–Trinajstić information content (AvgIpc) is 3.38. The second-order valence-electron chi connectivity index (χ2n) is 6.85. The number of hydrogen-bond acceptors (Lipinski definition) is 8. The monoisotopic (exact) mass is 465 g/mol. The van der Waals surface area contributed by atoms with E-state index in [1.165, 1.54) is 16.4 Å². The summed E-state index contributed by atoms with van der Waals surface area (Å²) in [6, 6.07) is 16.7. The molecule has 2 heterocycles. The zero-order chi connectivity index (χ0) is 23.2. The fourth-order valence-corrected chi connectivity index (χ4v) is 4.03. The number of nitrogens with zero attached hydrogens (tertiary/aromatic N) is 4. The molecule has 0 bridgehead atoms. The van der Waals surface area contributed by atoms with Crippen LogP contribution >= 0.6 is 11.8 Å². The first-order chi connectivity index (χ1) is 16.1. The van der Waals surface area contributed by atoms with Gasteiger partial charge in [0.2, 0.25) is 11.0 Å². The molecular weight excluding hydrogens is 442 g/mol. The van der Waals surface area contributed by atoms with Gasteiger partial charge in [0.05, 0.1) is 21.3 Å². The van der Waals surface area contributed by atoms with E-state index < -0.39 is 0 Å². The third-order valence-electron chi connectivity index (χ3n) is 4.78. The van der Waals surface area contributed by atoms with Crippen LogP contribution in [-0.2, 0) is 5.75 Å². The summed E-state index contributed by atoms with van der Waals surface area (Å²) in [6.07, 6.45) is 3.55. The van der Waals surface area contributed by atoms with Crippen LogP contribution in [0.4, 0.5) is 11.5 Å². The quantitative estimate of drug-likeness (QED) is 0.373. The standard InChI is InChI=1S/C23H23N5O4S/c1-30-18-8-6-7-16(13-18)15-33-23-26-25-21(22(29)28(23)27-11-4-5-12-27)24-17-9-10-19(31-2)20(14-17)32-3/h4-14H,15H2,1-3H3,(H,24,25). The molecule has 170 valence electrons. The lowest BCUT2D eigenvalue weighted by atomic mass is 10.2. The largest absolute Gasteiger partial charge is 0.497 e. The van der Waals surface area contributed by atoms with Gasteiger partial charge in [0, 0.05) is 29.9 Å². The second kappa shape index (κ2) is 10.1. The maximum absolute atomic E-state index is 13.4. The first-order valence-electron chi connectivity index (χ1n) is 10.0. The van der Waals surface area contributed by atoms with Crippen molar-refractivity contribution in [3.8, 4) is 17.2 Å². The third kappa shape index (κ3) is 4.96. The lowest BCUT2D eigenvalue weighted by Gasteiger charge is -2.14. The Balaban J connectivity index is 1.65. The number of rotatable bonds is 9. The highest BCUT2D eigenvalue weighted by molar-refractivity contribution is 7.98. The molecule has 0 saturated carbocycles. The predicted molar refractivity (Wildman–Crippen MR) is 127 cm³/mol. The average molecular weight is 466 g/mol. The minimum atomic E-state index is -0.343.